The summed E-state index contributed by atoms with van der Waals surface area (Å²) in [6.07, 6.45) is -5.02. The number of halogens is 3. The SMILES string of the molecule is N#Cc1cccc(-c2c(-n3c4cc(-c5ccc(C#N)cc5C#N)ccc4c4ccc(-c5ccc(C#N)cc5C#N)cc43)cc(C(F)(F)F)cc2-n2c3cc(-c4ccc(C#N)cc4C#N)ccc3c3ccc(-c4ccc(C#N)cc4C#N)cc32)c1. The van der Waals surface area contributed by atoms with Crippen LogP contribution in [0.4, 0.5) is 13.2 Å². The van der Waals surface area contributed by atoms with E-state index in [-0.39, 0.29) is 67.0 Å². The molecular weight excluding hydrogens is 1050 g/mol. The van der Waals surface area contributed by atoms with Crippen LogP contribution in [0.3, 0.4) is 0 Å². The van der Waals surface area contributed by atoms with Gasteiger partial charge in [-0.1, -0.05) is 84.9 Å². The van der Waals surface area contributed by atoms with Gasteiger partial charge in [0.25, 0.3) is 0 Å². The molecule has 0 atom stereocenters. The van der Waals surface area contributed by atoms with Crippen LogP contribution < -0.4 is 0 Å². The zero-order valence-corrected chi connectivity index (χ0v) is 43.4. The van der Waals surface area contributed by atoms with Gasteiger partial charge in [0.05, 0.1) is 144 Å². The zero-order valence-electron chi connectivity index (χ0n) is 43.4. The van der Waals surface area contributed by atoms with Gasteiger partial charge in [-0.2, -0.15) is 60.5 Å². The maximum Gasteiger partial charge on any atom is 0.416 e. The first-order valence-electron chi connectivity index (χ1n) is 25.6. The summed E-state index contributed by atoms with van der Waals surface area (Å²) in [5.41, 5.74) is 6.60. The van der Waals surface area contributed by atoms with Crippen LogP contribution in [-0.4, -0.2) is 9.13 Å². The van der Waals surface area contributed by atoms with Crippen molar-refractivity contribution in [2.24, 2.45) is 0 Å². The van der Waals surface area contributed by atoms with Gasteiger partial charge in [0.1, 0.15) is 0 Å². The molecule has 12 rings (SSSR count). The quantitative estimate of drug-likeness (QED) is 0.148. The van der Waals surface area contributed by atoms with E-state index in [1.54, 1.807) is 130 Å². The fraction of sp³-hybridized carbons (Fsp3) is 0.0143. The van der Waals surface area contributed by atoms with Gasteiger partial charge in [-0.05, 0) is 147 Å². The third kappa shape index (κ3) is 8.57. The Morgan fingerprint density at radius 3 is 0.857 bits per heavy atom. The fourth-order valence-electron chi connectivity index (χ4n) is 11.2. The highest BCUT2D eigenvalue weighted by Crippen LogP contribution is 2.48. The standard InChI is InChI=1S/C70H30F3N11/c71-70(72,73)54-29-67(83-63-25-45(55-12-4-41(32-75)21-50(55)36-79)8-16-59(63)60-17-9-46(26-64(60)83)56-13-5-42(33-76)22-51(56)37-80)69(49-3-1-2-40(20-49)31-74)68(30-54)84-65-27-47(57-14-6-43(34-77)23-52(57)38-81)10-18-61(65)62-19-11-48(28-66(62)84)58-15-7-44(35-78)24-53(58)39-82/h1-30H. The van der Waals surface area contributed by atoms with Crippen molar-refractivity contribution in [3.63, 3.8) is 0 Å². The minimum Gasteiger partial charge on any atom is -0.308 e. The summed E-state index contributed by atoms with van der Waals surface area (Å²) in [5.74, 6) is 0. The lowest BCUT2D eigenvalue weighted by molar-refractivity contribution is -0.137. The van der Waals surface area contributed by atoms with Gasteiger partial charge in [-0.3, -0.25) is 0 Å². The van der Waals surface area contributed by atoms with Crippen LogP contribution in [0.25, 0.3) is 111 Å². The van der Waals surface area contributed by atoms with Crippen molar-refractivity contribution >= 4 is 43.6 Å². The lowest BCUT2D eigenvalue weighted by Gasteiger charge is -2.23. The van der Waals surface area contributed by atoms with Crippen molar-refractivity contribution in [3.8, 4) is 122 Å². The van der Waals surface area contributed by atoms with E-state index in [9.17, 15) is 47.4 Å². The number of nitrogens with zero attached hydrogens (tertiary/aromatic N) is 11. The van der Waals surface area contributed by atoms with Crippen molar-refractivity contribution in [1.82, 2.24) is 9.13 Å². The van der Waals surface area contributed by atoms with Crippen LogP contribution in [0.15, 0.2) is 182 Å². The largest absolute Gasteiger partial charge is 0.416 e. The van der Waals surface area contributed by atoms with Crippen molar-refractivity contribution in [2.45, 2.75) is 6.18 Å². The second-order valence-electron chi connectivity index (χ2n) is 19.6. The summed E-state index contributed by atoms with van der Waals surface area (Å²) in [4.78, 5) is 0. The highest BCUT2D eigenvalue weighted by molar-refractivity contribution is 6.14. The summed E-state index contributed by atoms with van der Waals surface area (Å²) >= 11 is 0. The van der Waals surface area contributed by atoms with Gasteiger partial charge in [0.2, 0.25) is 0 Å². The van der Waals surface area contributed by atoms with Crippen LogP contribution in [0.1, 0.15) is 55.6 Å². The Balaban J connectivity index is 1.29. The molecule has 14 heteroatoms. The molecule has 2 heterocycles. The van der Waals surface area contributed by atoms with E-state index < -0.39 is 11.7 Å². The molecule has 386 valence electrons. The van der Waals surface area contributed by atoms with E-state index in [1.807, 2.05) is 24.3 Å². The van der Waals surface area contributed by atoms with Crippen molar-refractivity contribution in [2.75, 3.05) is 0 Å². The molecule has 0 unspecified atom stereocenters. The van der Waals surface area contributed by atoms with Crippen LogP contribution in [0.5, 0.6) is 0 Å². The normalized spacial score (nSPS) is 10.9. The van der Waals surface area contributed by atoms with Gasteiger partial charge in [-0.15, -0.1) is 0 Å². The molecule has 0 radical (unpaired) electrons. The molecule has 12 aromatic rings. The third-order valence-corrected chi connectivity index (χ3v) is 15.0. The number of hydrogen-bond donors (Lipinski definition) is 0. The first-order valence-corrected chi connectivity index (χ1v) is 25.6. The number of rotatable bonds is 7. The van der Waals surface area contributed by atoms with E-state index in [1.165, 1.54) is 24.3 Å². The Bertz CT molecular complexity index is 4760. The zero-order chi connectivity index (χ0) is 58.6. The molecule has 0 spiro atoms. The second-order valence-corrected chi connectivity index (χ2v) is 19.6. The maximum atomic E-state index is 16.4. The number of fused-ring (bicyclic) bond motifs is 6. The van der Waals surface area contributed by atoms with Gasteiger partial charge in [0, 0.05) is 27.1 Å². The lowest BCUT2D eigenvalue weighted by Crippen LogP contribution is -2.11. The van der Waals surface area contributed by atoms with Crippen LogP contribution in [0, 0.1) is 102 Å². The Kier molecular flexibility index (Phi) is 12.5. The Labute approximate surface area is 476 Å². The lowest BCUT2D eigenvalue weighted by atomic mass is 9.95. The number of aromatic nitrogens is 2. The maximum absolute atomic E-state index is 16.4. The summed E-state index contributed by atoms with van der Waals surface area (Å²) < 4.78 is 52.6. The van der Waals surface area contributed by atoms with E-state index in [4.69, 9.17) is 0 Å². The number of benzene rings is 10. The number of hydrogen-bond acceptors (Lipinski definition) is 9. The molecular formula is C70H30F3N11. The fourth-order valence-corrected chi connectivity index (χ4v) is 11.2. The van der Waals surface area contributed by atoms with Gasteiger partial charge < -0.3 is 9.13 Å². The van der Waals surface area contributed by atoms with Crippen LogP contribution >= 0.6 is 0 Å². The monoisotopic (exact) mass is 1080 g/mol. The molecule has 0 fully saturated rings. The van der Waals surface area contributed by atoms with Crippen molar-refractivity contribution < 1.29 is 13.2 Å². The molecule has 10 aromatic carbocycles. The summed E-state index contributed by atoms with van der Waals surface area (Å²) in [7, 11) is 0. The molecule has 0 saturated heterocycles. The molecule has 0 aliphatic rings. The topological polar surface area (TPSA) is 224 Å². The van der Waals surface area contributed by atoms with Gasteiger partial charge in [0.15, 0.2) is 0 Å². The van der Waals surface area contributed by atoms with Gasteiger partial charge >= 0.3 is 6.18 Å². The van der Waals surface area contributed by atoms with E-state index in [0.717, 1.165) is 12.1 Å². The van der Waals surface area contributed by atoms with E-state index in [0.29, 0.717) is 93.7 Å². The minimum absolute atomic E-state index is 0.00934. The second kappa shape index (κ2) is 20.3. The Morgan fingerprint density at radius 1 is 0.286 bits per heavy atom. The first-order chi connectivity index (χ1) is 40.8. The average molecular weight is 1080 g/mol. The van der Waals surface area contributed by atoms with Crippen molar-refractivity contribution in [1.29, 1.82) is 47.4 Å². The molecule has 11 nitrogen and oxygen atoms in total. The average Bonchev–Trinajstić information content (AvgIpc) is 2.35. The summed E-state index contributed by atoms with van der Waals surface area (Å²) in [6.45, 7) is 0. The highest BCUT2D eigenvalue weighted by atomic mass is 19.4. The summed E-state index contributed by atoms with van der Waals surface area (Å²) in [6, 6.07) is 67.9. The summed E-state index contributed by atoms with van der Waals surface area (Å²) in [5, 5.41) is 93.7. The van der Waals surface area contributed by atoms with E-state index in [2.05, 4.69) is 54.6 Å². The van der Waals surface area contributed by atoms with Gasteiger partial charge in [-0.25, -0.2) is 0 Å². The molecule has 0 aliphatic carbocycles. The van der Waals surface area contributed by atoms with Crippen molar-refractivity contribution in [3.05, 3.63) is 238 Å². The van der Waals surface area contributed by atoms with Crippen LogP contribution in [0.2, 0.25) is 0 Å². The Hall–Kier alpha value is -13.0. The molecule has 84 heavy (non-hydrogen) atoms. The highest BCUT2D eigenvalue weighted by Gasteiger charge is 2.35. The molecule has 0 aliphatic heterocycles. The molecule has 0 saturated carbocycles. The third-order valence-electron chi connectivity index (χ3n) is 15.0. The number of nitriles is 9. The predicted octanol–water partition coefficient (Wildman–Crippen LogP) is 16.1. The first kappa shape index (κ1) is 51.7. The molecule has 0 bridgehead atoms. The molecule has 0 N–H and O–H groups in total. The van der Waals surface area contributed by atoms with Crippen LogP contribution in [-0.2, 0) is 6.18 Å². The smallest absolute Gasteiger partial charge is 0.308 e. The number of alkyl halides is 3. The minimum atomic E-state index is -5.02. The predicted molar refractivity (Wildman–Crippen MR) is 310 cm³/mol. The van der Waals surface area contributed by atoms with E-state index >= 15 is 13.2 Å². The Morgan fingerprint density at radius 2 is 0.583 bits per heavy atom. The molecule has 0 amide bonds. The molecule has 2 aromatic heterocycles.